The lowest BCUT2D eigenvalue weighted by Crippen LogP contribution is -2.57. The summed E-state index contributed by atoms with van der Waals surface area (Å²) < 4.78 is 5.20. The number of nitrogens with one attached hydrogen (secondary N) is 1. The smallest absolute Gasteiger partial charge is 0.242 e. The molecule has 2 aliphatic rings. The van der Waals surface area contributed by atoms with E-state index in [1.807, 2.05) is 0 Å². The molecule has 0 saturated carbocycles. The fraction of sp³-hybridized carbons (Fsp3) is 0.818. The van der Waals surface area contributed by atoms with E-state index >= 15 is 0 Å². The Balaban J connectivity index is 2.02. The number of carbonyl (C=O) groups excluding carboxylic acids is 2. The number of nitrogens with two attached hydrogens (primary N) is 1. The highest BCUT2D eigenvalue weighted by molar-refractivity contribution is 5.88. The quantitative estimate of drug-likeness (QED) is 0.629. The molecule has 0 spiro atoms. The molecule has 96 valence electrons. The molecule has 17 heavy (non-hydrogen) atoms. The molecule has 2 rings (SSSR count). The Morgan fingerprint density at radius 3 is 2.88 bits per heavy atom. The summed E-state index contributed by atoms with van der Waals surface area (Å²) in [7, 11) is 0. The van der Waals surface area contributed by atoms with Crippen molar-refractivity contribution in [2.45, 2.75) is 18.9 Å². The fourth-order valence-corrected chi connectivity index (χ4v) is 2.40. The lowest BCUT2D eigenvalue weighted by atomic mass is 9.97. The molecule has 2 fully saturated rings. The Hall–Kier alpha value is -1.14. The zero-order valence-electron chi connectivity index (χ0n) is 9.85. The molecule has 6 heteroatoms. The summed E-state index contributed by atoms with van der Waals surface area (Å²) in [6, 6.07) is -0.599. The van der Waals surface area contributed by atoms with E-state index in [-0.39, 0.29) is 18.4 Å². The number of piperidine rings is 1. The van der Waals surface area contributed by atoms with Crippen molar-refractivity contribution in [3.8, 4) is 0 Å². The first-order chi connectivity index (χ1) is 8.20. The van der Waals surface area contributed by atoms with Crippen LogP contribution in [0.1, 0.15) is 12.8 Å². The van der Waals surface area contributed by atoms with Crippen molar-refractivity contribution in [3.05, 3.63) is 0 Å². The van der Waals surface area contributed by atoms with E-state index in [2.05, 4.69) is 5.32 Å². The molecular weight excluding hydrogens is 222 g/mol. The maximum atomic E-state index is 12.3. The Kier molecular flexibility index (Phi) is 3.96. The van der Waals surface area contributed by atoms with E-state index < -0.39 is 11.9 Å². The van der Waals surface area contributed by atoms with Gasteiger partial charge in [-0.05, 0) is 19.4 Å². The van der Waals surface area contributed by atoms with Crippen LogP contribution in [-0.2, 0) is 14.3 Å². The van der Waals surface area contributed by atoms with Gasteiger partial charge in [-0.15, -0.1) is 0 Å². The summed E-state index contributed by atoms with van der Waals surface area (Å²) in [5, 5.41) is 3.20. The summed E-state index contributed by atoms with van der Waals surface area (Å²) in [6.07, 6.45) is 1.89. The minimum absolute atomic E-state index is 0.0244. The topological polar surface area (TPSA) is 84.7 Å². The largest absolute Gasteiger partial charge is 0.377 e. The van der Waals surface area contributed by atoms with E-state index in [1.165, 1.54) is 0 Å². The van der Waals surface area contributed by atoms with Crippen LogP contribution >= 0.6 is 0 Å². The van der Waals surface area contributed by atoms with Crippen LogP contribution in [0.5, 0.6) is 0 Å². The van der Waals surface area contributed by atoms with Crippen LogP contribution in [0.2, 0.25) is 0 Å². The number of carbonyl (C=O) groups is 2. The van der Waals surface area contributed by atoms with E-state index in [9.17, 15) is 9.59 Å². The third-order valence-corrected chi connectivity index (χ3v) is 3.39. The van der Waals surface area contributed by atoms with E-state index in [1.54, 1.807) is 4.90 Å². The second-order valence-corrected chi connectivity index (χ2v) is 4.57. The van der Waals surface area contributed by atoms with Crippen molar-refractivity contribution >= 4 is 11.8 Å². The summed E-state index contributed by atoms with van der Waals surface area (Å²) in [5.74, 6) is -0.477. The molecule has 2 saturated heterocycles. The van der Waals surface area contributed by atoms with Crippen molar-refractivity contribution in [1.29, 1.82) is 0 Å². The maximum absolute atomic E-state index is 12.3. The number of hydrogen-bond donors (Lipinski definition) is 2. The van der Waals surface area contributed by atoms with Gasteiger partial charge in [0.25, 0.3) is 0 Å². The Morgan fingerprint density at radius 2 is 2.24 bits per heavy atom. The predicted molar refractivity (Wildman–Crippen MR) is 61.1 cm³/mol. The summed E-state index contributed by atoms with van der Waals surface area (Å²) >= 11 is 0. The van der Waals surface area contributed by atoms with Crippen LogP contribution in [0, 0.1) is 5.92 Å². The first-order valence-corrected chi connectivity index (χ1v) is 6.08. The van der Waals surface area contributed by atoms with Gasteiger partial charge in [-0.1, -0.05) is 0 Å². The lowest BCUT2D eigenvalue weighted by molar-refractivity contribution is -0.150. The van der Waals surface area contributed by atoms with Crippen LogP contribution in [-0.4, -0.2) is 55.6 Å². The molecular formula is C11H19N3O3. The van der Waals surface area contributed by atoms with Gasteiger partial charge in [0.05, 0.1) is 19.1 Å². The third-order valence-electron chi connectivity index (χ3n) is 3.39. The van der Waals surface area contributed by atoms with Crippen molar-refractivity contribution in [2.24, 2.45) is 11.7 Å². The van der Waals surface area contributed by atoms with Gasteiger partial charge in [0, 0.05) is 13.1 Å². The summed E-state index contributed by atoms with van der Waals surface area (Å²) in [6.45, 7) is 2.83. The van der Waals surface area contributed by atoms with E-state index in [0.29, 0.717) is 19.7 Å². The Bertz CT molecular complexity index is 302. The summed E-state index contributed by atoms with van der Waals surface area (Å²) in [4.78, 5) is 25.2. The second kappa shape index (κ2) is 5.46. The minimum Gasteiger partial charge on any atom is -0.377 e. The number of morpholine rings is 1. The number of rotatable bonds is 2. The minimum atomic E-state index is -0.599. The van der Waals surface area contributed by atoms with Crippen LogP contribution in [0.15, 0.2) is 0 Å². The van der Waals surface area contributed by atoms with Crippen LogP contribution in [0.3, 0.4) is 0 Å². The number of hydrogen-bond acceptors (Lipinski definition) is 4. The zero-order chi connectivity index (χ0) is 12.3. The second-order valence-electron chi connectivity index (χ2n) is 4.57. The van der Waals surface area contributed by atoms with E-state index in [4.69, 9.17) is 10.5 Å². The molecule has 0 aliphatic carbocycles. The normalized spacial score (nSPS) is 30.0. The molecule has 2 unspecified atom stereocenters. The number of nitrogens with zero attached hydrogens (tertiary/aromatic N) is 1. The SMILES string of the molecule is NC(=O)C1COCCN1C(=O)C1CCCNC1. The molecule has 0 radical (unpaired) electrons. The van der Waals surface area contributed by atoms with Crippen molar-refractivity contribution in [2.75, 3.05) is 32.8 Å². The number of ether oxygens (including phenoxy) is 1. The van der Waals surface area contributed by atoms with Gasteiger partial charge in [0.15, 0.2) is 0 Å². The third kappa shape index (κ3) is 2.76. The van der Waals surface area contributed by atoms with Crippen LogP contribution < -0.4 is 11.1 Å². The first kappa shape index (κ1) is 12.3. The molecule has 0 aromatic carbocycles. The van der Waals surface area contributed by atoms with E-state index in [0.717, 1.165) is 19.4 Å². The monoisotopic (exact) mass is 241 g/mol. The molecule has 0 aromatic heterocycles. The van der Waals surface area contributed by atoms with Gasteiger partial charge in [0.2, 0.25) is 11.8 Å². The first-order valence-electron chi connectivity index (χ1n) is 6.08. The van der Waals surface area contributed by atoms with Crippen molar-refractivity contribution in [1.82, 2.24) is 10.2 Å². The molecule has 2 atom stereocenters. The maximum Gasteiger partial charge on any atom is 0.242 e. The molecule has 6 nitrogen and oxygen atoms in total. The molecule has 0 aromatic rings. The standard InChI is InChI=1S/C11H19N3O3/c12-10(15)9-7-17-5-4-14(9)11(16)8-2-1-3-13-6-8/h8-9,13H,1-7H2,(H2,12,15). The highest BCUT2D eigenvalue weighted by Gasteiger charge is 2.35. The van der Waals surface area contributed by atoms with Gasteiger partial charge in [-0.25, -0.2) is 0 Å². The molecule has 2 aliphatic heterocycles. The van der Waals surface area contributed by atoms with Gasteiger partial charge in [-0.2, -0.15) is 0 Å². The summed E-state index contributed by atoms with van der Waals surface area (Å²) in [5.41, 5.74) is 5.30. The Labute approximate surface area is 100 Å². The molecule has 2 heterocycles. The average molecular weight is 241 g/mol. The number of primary amides is 1. The Morgan fingerprint density at radius 1 is 1.41 bits per heavy atom. The predicted octanol–water partition coefficient (Wildman–Crippen LogP) is -1.30. The number of amides is 2. The van der Waals surface area contributed by atoms with Crippen molar-refractivity contribution < 1.29 is 14.3 Å². The van der Waals surface area contributed by atoms with Crippen LogP contribution in [0.25, 0.3) is 0 Å². The lowest BCUT2D eigenvalue weighted by Gasteiger charge is -2.36. The van der Waals surface area contributed by atoms with Crippen molar-refractivity contribution in [3.63, 3.8) is 0 Å². The van der Waals surface area contributed by atoms with Gasteiger partial charge in [-0.3, -0.25) is 9.59 Å². The van der Waals surface area contributed by atoms with Gasteiger partial charge < -0.3 is 20.7 Å². The molecule has 2 amide bonds. The zero-order valence-corrected chi connectivity index (χ0v) is 9.85. The highest BCUT2D eigenvalue weighted by atomic mass is 16.5. The van der Waals surface area contributed by atoms with Crippen LogP contribution in [0.4, 0.5) is 0 Å². The molecule has 3 N–H and O–H groups in total. The fourth-order valence-electron chi connectivity index (χ4n) is 2.40. The highest BCUT2D eigenvalue weighted by Crippen LogP contribution is 2.17. The van der Waals surface area contributed by atoms with Gasteiger partial charge in [0.1, 0.15) is 6.04 Å². The molecule has 0 bridgehead atoms. The average Bonchev–Trinajstić information content (AvgIpc) is 2.39. The van der Waals surface area contributed by atoms with Gasteiger partial charge >= 0.3 is 0 Å².